The van der Waals surface area contributed by atoms with E-state index in [4.69, 9.17) is 9.84 Å². The Balaban J connectivity index is 2.94. The lowest BCUT2D eigenvalue weighted by Gasteiger charge is -2.20. The second-order valence-corrected chi connectivity index (χ2v) is 4.32. The molecule has 3 heteroatoms. The van der Waals surface area contributed by atoms with Crippen LogP contribution < -0.4 is 4.74 Å². The number of carboxylic acids is 1. The van der Waals surface area contributed by atoms with Gasteiger partial charge in [-0.1, -0.05) is 26.0 Å². The number of hydrogen-bond donors (Lipinski definition) is 1. The van der Waals surface area contributed by atoms with Gasteiger partial charge in [-0.2, -0.15) is 0 Å². The first-order valence-electron chi connectivity index (χ1n) is 5.39. The standard InChI is InChI=1S/C13H18O3/c1-8(2)12(13(14)15)16-11-7-5-6-9(3)10(11)4/h5-8,12H,1-4H3,(H,14,15). The fourth-order valence-corrected chi connectivity index (χ4v) is 1.46. The number of ether oxygens (including phenoxy) is 1. The van der Waals surface area contributed by atoms with Crippen molar-refractivity contribution in [3.63, 3.8) is 0 Å². The summed E-state index contributed by atoms with van der Waals surface area (Å²) in [6.07, 6.45) is -0.791. The number of carbonyl (C=O) groups is 1. The van der Waals surface area contributed by atoms with Gasteiger partial charge in [-0.15, -0.1) is 0 Å². The third-order valence-corrected chi connectivity index (χ3v) is 2.66. The first kappa shape index (κ1) is 12.6. The van der Waals surface area contributed by atoms with Crippen LogP contribution in [0.4, 0.5) is 0 Å². The zero-order valence-corrected chi connectivity index (χ0v) is 10.2. The normalized spacial score (nSPS) is 12.6. The molecule has 0 aromatic heterocycles. The summed E-state index contributed by atoms with van der Waals surface area (Å²) < 4.78 is 5.55. The Hall–Kier alpha value is -1.51. The zero-order chi connectivity index (χ0) is 12.3. The molecular weight excluding hydrogens is 204 g/mol. The lowest BCUT2D eigenvalue weighted by molar-refractivity contribution is -0.147. The van der Waals surface area contributed by atoms with Crippen molar-refractivity contribution in [3.05, 3.63) is 29.3 Å². The smallest absolute Gasteiger partial charge is 0.345 e. The molecule has 0 aliphatic rings. The number of hydrogen-bond acceptors (Lipinski definition) is 2. The van der Waals surface area contributed by atoms with E-state index in [1.165, 1.54) is 0 Å². The molecule has 1 aromatic carbocycles. The van der Waals surface area contributed by atoms with Crippen molar-refractivity contribution in [2.24, 2.45) is 5.92 Å². The summed E-state index contributed by atoms with van der Waals surface area (Å²) in [6, 6.07) is 5.66. The van der Waals surface area contributed by atoms with E-state index in [0.717, 1.165) is 11.1 Å². The predicted octanol–water partition coefficient (Wildman–Crippen LogP) is 2.79. The third kappa shape index (κ3) is 2.75. The highest BCUT2D eigenvalue weighted by Gasteiger charge is 2.24. The van der Waals surface area contributed by atoms with Crippen molar-refractivity contribution >= 4 is 5.97 Å². The number of rotatable bonds is 4. The SMILES string of the molecule is Cc1cccc(OC(C(=O)O)C(C)C)c1C. The lowest BCUT2D eigenvalue weighted by Crippen LogP contribution is -2.32. The second-order valence-electron chi connectivity index (χ2n) is 4.32. The molecule has 1 unspecified atom stereocenters. The van der Waals surface area contributed by atoms with Gasteiger partial charge in [0.05, 0.1) is 0 Å². The molecule has 0 aliphatic carbocycles. The molecule has 1 aromatic rings. The van der Waals surface area contributed by atoms with Gasteiger partial charge in [0, 0.05) is 5.92 Å². The number of benzene rings is 1. The molecule has 0 fully saturated rings. The second kappa shape index (κ2) is 5.01. The Labute approximate surface area is 96.1 Å². The fraction of sp³-hybridized carbons (Fsp3) is 0.462. The van der Waals surface area contributed by atoms with Crippen LogP contribution in [-0.4, -0.2) is 17.2 Å². The summed E-state index contributed by atoms with van der Waals surface area (Å²) in [5.74, 6) is -0.325. The van der Waals surface area contributed by atoms with Crippen LogP contribution in [-0.2, 0) is 4.79 Å². The zero-order valence-electron chi connectivity index (χ0n) is 10.2. The van der Waals surface area contributed by atoms with E-state index in [-0.39, 0.29) is 5.92 Å². The molecule has 1 N–H and O–H groups in total. The van der Waals surface area contributed by atoms with Crippen molar-refractivity contribution in [2.75, 3.05) is 0 Å². The third-order valence-electron chi connectivity index (χ3n) is 2.66. The fourth-order valence-electron chi connectivity index (χ4n) is 1.46. The maximum atomic E-state index is 11.0. The minimum atomic E-state index is -0.920. The van der Waals surface area contributed by atoms with Gasteiger partial charge in [0.2, 0.25) is 0 Å². The van der Waals surface area contributed by atoms with Crippen LogP contribution >= 0.6 is 0 Å². The molecule has 3 nitrogen and oxygen atoms in total. The number of carboxylic acid groups (broad SMARTS) is 1. The van der Waals surface area contributed by atoms with Gasteiger partial charge in [-0.05, 0) is 31.0 Å². The summed E-state index contributed by atoms with van der Waals surface area (Å²) in [4.78, 5) is 11.0. The quantitative estimate of drug-likeness (QED) is 0.852. The summed E-state index contributed by atoms with van der Waals surface area (Å²) in [6.45, 7) is 7.59. The molecule has 0 amide bonds. The predicted molar refractivity (Wildman–Crippen MR) is 62.8 cm³/mol. The van der Waals surface area contributed by atoms with Crippen LogP contribution in [0.1, 0.15) is 25.0 Å². The Morgan fingerprint density at radius 3 is 2.44 bits per heavy atom. The summed E-state index contributed by atoms with van der Waals surface area (Å²) in [5, 5.41) is 9.04. The molecule has 88 valence electrons. The van der Waals surface area contributed by atoms with E-state index in [9.17, 15) is 4.79 Å². The molecule has 0 saturated carbocycles. The maximum absolute atomic E-state index is 11.0. The van der Waals surface area contributed by atoms with E-state index in [1.807, 2.05) is 39.8 Å². The first-order chi connectivity index (χ1) is 7.43. The van der Waals surface area contributed by atoms with Gasteiger partial charge in [0.1, 0.15) is 5.75 Å². The van der Waals surface area contributed by atoms with Gasteiger partial charge in [0.25, 0.3) is 0 Å². The average Bonchev–Trinajstić information content (AvgIpc) is 2.19. The Kier molecular flexibility index (Phi) is 3.93. The van der Waals surface area contributed by atoms with Crippen molar-refractivity contribution in [3.8, 4) is 5.75 Å². The van der Waals surface area contributed by atoms with Crippen LogP contribution in [0.2, 0.25) is 0 Å². The molecule has 0 radical (unpaired) electrons. The topological polar surface area (TPSA) is 46.5 Å². The van der Waals surface area contributed by atoms with E-state index >= 15 is 0 Å². The molecule has 0 saturated heterocycles. The first-order valence-corrected chi connectivity index (χ1v) is 5.39. The van der Waals surface area contributed by atoms with Crippen LogP contribution in [0.15, 0.2) is 18.2 Å². The van der Waals surface area contributed by atoms with E-state index in [0.29, 0.717) is 5.75 Å². The van der Waals surface area contributed by atoms with Crippen molar-refractivity contribution in [2.45, 2.75) is 33.8 Å². The molecule has 0 spiro atoms. The van der Waals surface area contributed by atoms with Crippen LogP contribution in [0.5, 0.6) is 5.75 Å². The minimum Gasteiger partial charge on any atom is -0.478 e. The van der Waals surface area contributed by atoms with Gasteiger partial charge in [-0.25, -0.2) is 4.79 Å². The molecular formula is C13H18O3. The van der Waals surface area contributed by atoms with Crippen LogP contribution in [0, 0.1) is 19.8 Å². The van der Waals surface area contributed by atoms with Crippen LogP contribution in [0.3, 0.4) is 0 Å². The molecule has 0 bridgehead atoms. The average molecular weight is 222 g/mol. The largest absolute Gasteiger partial charge is 0.478 e. The van der Waals surface area contributed by atoms with E-state index in [2.05, 4.69) is 0 Å². The van der Waals surface area contributed by atoms with Gasteiger partial charge in [0.15, 0.2) is 6.10 Å². The molecule has 1 atom stereocenters. The Morgan fingerprint density at radius 1 is 1.31 bits per heavy atom. The van der Waals surface area contributed by atoms with Crippen molar-refractivity contribution in [1.29, 1.82) is 0 Å². The van der Waals surface area contributed by atoms with Gasteiger partial charge in [-0.3, -0.25) is 0 Å². The molecule has 1 rings (SSSR count). The Bertz CT molecular complexity index is 383. The molecule has 16 heavy (non-hydrogen) atoms. The van der Waals surface area contributed by atoms with E-state index < -0.39 is 12.1 Å². The highest BCUT2D eigenvalue weighted by Crippen LogP contribution is 2.23. The van der Waals surface area contributed by atoms with Gasteiger partial charge >= 0.3 is 5.97 Å². The Morgan fingerprint density at radius 2 is 1.94 bits per heavy atom. The lowest BCUT2D eigenvalue weighted by atomic mass is 10.1. The highest BCUT2D eigenvalue weighted by atomic mass is 16.5. The minimum absolute atomic E-state index is 0.0580. The summed E-state index contributed by atoms with van der Waals surface area (Å²) in [7, 11) is 0. The molecule has 0 heterocycles. The van der Waals surface area contributed by atoms with Crippen LogP contribution in [0.25, 0.3) is 0 Å². The van der Waals surface area contributed by atoms with E-state index in [1.54, 1.807) is 6.07 Å². The van der Waals surface area contributed by atoms with Crippen molar-refractivity contribution in [1.82, 2.24) is 0 Å². The summed E-state index contributed by atoms with van der Waals surface area (Å²) in [5.41, 5.74) is 2.10. The number of aliphatic carboxylic acids is 1. The highest BCUT2D eigenvalue weighted by molar-refractivity contribution is 5.73. The monoisotopic (exact) mass is 222 g/mol. The summed E-state index contributed by atoms with van der Waals surface area (Å²) >= 11 is 0. The van der Waals surface area contributed by atoms with Gasteiger partial charge < -0.3 is 9.84 Å². The number of aryl methyl sites for hydroxylation is 1. The molecule has 0 aliphatic heterocycles. The maximum Gasteiger partial charge on any atom is 0.345 e. The van der Waals surface area contributed by atoms with Crippen molar-refractivity contribution < 1.29 is 14.6 Å².